The van der Waals surface area contributed by atoms with Gasteiger partial charge in [0.1, 0.15) is 5.75 Å². The second-order valence-electron chi connectivity index (χ2n) is 4.06. The largest absolute Gasteiger partial charge is 0.484 e. The van der Waals surface area contributed by atoms with E-state index in [2.05, 4.69) is 5.32 Å². The number of hydrogen-bond acceptors (Lipinski definition) is 2. The third kappa shape index (κ3) is 4.80. The number of carbonyl (C=O) groups excluding carboxylic acids is 1. The predicted molar refractivity (Wildman–Crippen MR) is 59.7 cm³/mol. The van der Waals surface area contributed by atoms with Crippen molar-refractivity contribution < 1.29 is 18.3 Å². The fourth-order valence-electron chi connectivity index (χ4n) is 1.08. The fourth-order valence-corrected chi connectivity index (χ4v) is 1.08. The van der Waals surface area contributed by atoms with Crippen LogP contribution >= 0.6 is 0 Å². The van der Waals surface area contributed by atoms with Crippen molar-refractivity contribution in [2.75, 3.05) is 13.2 Å². The van der Waals surface area contributed by atoms with E-state index < -0.39 is 11.6 Å². The molecule has 1 amide bonds. The Hall–Kier alpha value is -1.65. The average molecular weight is 243 g/mol. The number of ether oxygens (including phenoxy) is 1. The summed E-state index contributed by atoms with van der Waals surface area (Å²) in [7, 11) is 0. The molecule has 94 valence electrons. The number of halogens is 2. The van der Waals surface area contributed by atoms with Gasteiger partial charge in [0.2, 0.25) is 0 Å². The third-order valence-electron chi connectivity index (χ3n) is 1.97. The van der Waals surface area contributed by atoms with E-state index in [9.17, 15) is 13.6 Å². The maximum atomic E-state index is 12.8. The van der Waals surface area contributed by atoms with E-state index in [0.29, 0.717) is 12.5 Å². The molecule has 0 aliphatic rings. The summed E-state index contributed by atoms with van der Waals surface area (Å²) in [5.41, 5.74) is 0. The van der Waals surface area contributed by atoms with Crippen LogP contribution in [0, 0.1) is 17.6 Å². The molecular formula is C12H15F2NO2. The van der Waals surface area contributed by atoms with Crippen molar-refractivity contribution >= 4 is 5.91 Å². The van der Waals surface area contributed by atoms with Crippen LogP contribution in [0.1, 0.15) is 13.8 Å². The van der Waals surface area contributed by atoms with Gasteiger partial charge in [-0.25, -0.2) is 8.78 Å². The monoisotopic (exact) mass is 243 g/mol. The Morgan fingerprint density at radius 2 is 2.06 bits per heavy atom. The second-order valence-corrected chi connectivity index (χ2v) is 4.06. The SMILES string of the molecule is CC(C)CNC(=O)COc1ccc(F)c(F)c1. The fraction of sp³-hybridized carbons (Fsp3) is 0.417. The summed E-state index contributed by atoms with van der Waals surface area (Å²) in [6.07, 6.45) is 0. The van der Waals surface area contributed by atoms with Gasteiger partial charge in [0.05, 0.1) is 0 Å². The first-order valence-corrected chi connectivity index (χ1v) is 5.33. The maximum absolute atomic E-state index is 12.8. The van der Waals surface area contributed by atoms with Crippen molar-refractivity contribution in [1.29, 1.82) is 0 Å². The number of amides is 1. The Kier molecular flexibility index (Phi) is 4.87. The molecule has 0 spiro atoms. The lowest BCUT2D eigenvalue weighted by Gasteiger charge is -2.09. The normalized spacial score (nSPS) is 10.4. The molecule has 0 radical (unpaired) electrons. The van der Waals surface area contributed by atoms with Gasteiger partial charge in [-0.05, 0) is 18.1 Å². The molecule has 1 N–H and O–H groups in total. The van der Waals surface area contributed by atoms with Crippen LogP contribution in [-0.4, -0.2) is 19.1 Å². The second kappa shape index (κ2) is 6.18. The molecule has 17 heavy (non-hydrogen) atoms. The Morgan fingerprint density at radius 1 is 1.35 bits per heavy atom. The summed E-state index contributed by atoms with van der Waals surface area (Å²) in [6.45, 7) is 4.28. The zero-order valence-electron chi connectivity index (χ0n) is 9.80. The molecule has 0 atom stereocenters. The lowest BCUT2D eigenvalue weighted by atomic mass is 10.2. The zero-order chi connectivity index (χ0) is 12.8. The highest BCUT2D eigenvalue weighted by Gasteiger charge is 2.06. The van der Waals surface area contributed by atoms with Crippen molar-refractivity contribution in [3.63, 3.8) is 0 Å². The van der Waals surface area contributed by atoms with Crippen molar-refractivity contribution in [1.82, 2.24) is 5.32 Å². The van der Waals surface area contributed by atoms with Crippen LogP contribution in [0.4, 0.5) is 8.78 Å². The Balaban J connectivity index is 2.39. The van der Waals surface area contributed by atoms with Gasteiger partial charge in [-0.3, -0.25) is 4.79 Å². The summed E-state index contributed by atoms with van der Waals surface area (Å²) in [4.78, 5) is 11.3. The minimum Gasteiger partial charge on any atom is -0.484 e. The molecule has 3 nitrogen and oxygen atoms in total. The smallest absolute Gasteiger partial charge is 0.257 e. The first-order chi connectivity index (χ1) is 7.99. The highest BCUT2D eigenvalue weighted by atomic mass is 19.2. The molecule has 5 heteroatoms. The van der Waals surface area contributed by atoms with Gasteiger partial charge in [-0.2, -0.15) is 0 Å². The minimum atomic E-state index is -0.995. The summed E-state index contributed by atoms with van der Waals surface area (Å²) < 4.78 is 30.4. The van der Waals surface area contributed by atoms with Crippen LogP contribution in [-0.2, 0) is 4.79 Å². The molecule has 1 rings (SSSR count). The first kappa shape index (κ1) is 13.4. The van der Waals surface area contributed by atoms with Crippen molar-refractivity contribution in [3.05, 3.63) is 29.8 Å². The number of nitrogens with one attached hydrogen (secondary N) is 1. The maximum Gasteiger partial charge on any atom is 0.257 e. The minimum absolute atomic E-state index is 0.128. The molecule has 0 aliphatic heterocycles. The van der Waals surface area contributed by atoms with E-state index in [1.165, 1.54) is 6.07 Å². The van der Waals surface area contributed by atoms with E-state index >= 15 is 0 Å². The van der Waals surface area contributed by atoms with E-state index in [4.69, 9.17) is 4.74 Å². The molecule has 0 saturated carbocycles. The van der Waals surface area contributed by atoms with Crippen LogP contribution in [0.5, 0.6) is 5.75 Å². The highest BCUT2D eigenvalue weighted by molar-refractivity contribution is 5.77. The quantitative estimate of drug-likeness (QED) is 0.860. The van der Waals surface area contributed by atoms with E-state index in [1.54, 1.807) is 0 Å². The summed E-state index contributed by atoms with van der Waals surface area (Å²) >= 11 is 0. The number of rotatable bonds is 5. The Morgan fingerprint density at radius 3 is 2.65 bits per heavy atom. The molecule has 1 aromatic carbocycles. The molecule has 0 aromatic heterocycles. The average Bonchev–Trinajstić information content (AvgIpc) is 2.28. The molecule has 0 heterocycles. The lowest BCUT2D eigenvalue weighted by Crippen LogP contribution is -2.31. The van der Waals surface area contributed by atoms with Gasteiger partial charge in [0.25, 0.3) is 5.91 Å². The van der Waals surface area contributed by atoms with Crippen molar-refractivity contribution in [2.45, 2.75) is 13.8 Å². The third-order valence-corrected chi connectivity index (χ3v) is 1.97. The topological polar surface area (TPSA) is 38.3 Å². The van der Waals surface area contributed by atoms with Crippen LogP contribution in [0.25, 0.3) is 0 Å². The highest BCUT2D eigenvalue weighted by Crippen LogP contribution is 2.14. The van der Waals surface area contributed by atoms with Gasteiger partial charge >= 0.3 is 0 Å². The molecule has 0 fully saturated rings. The molecule has 0 unspecified atom stereocenters. The van der Waals surface area contributed by atoms with Gasteiger partial charge in [0.15, 0.2) is 18.2 Å². The number of benzene rings is 1. The summed E-state index contributed by atoms with van der Waals surface area (Å²) in [5, 5.41) is 2.65. The predicted octanol–water partition coefficient (Wildman–Crippen LogP) is 2.12. The van der Waals surface area contributed by atoms with Crippen LogP contribution in [0.2, 0.25) is 0 Å². The zero-order valence-corrected chi connectivity index (χ0v) is 9.80. The molecule has 1 aromatic rings. The first-order valence-electron chi connectivity index (χ1n) is 5.33. The lowest BCUT2D eigenvalue weighted by molar-refractivity contribution is -0.123. The molecule has 0 bridgehead atoms. The van der Waals surface area contributed by atoms with Crippen molar-refractivity contribution in [2.24, 2.45) is 5.92 Å². The molecule has 0 saturated heterocycles. The molecular weight excluding hydrogens is 228 g/mol. The van der Waals surface area contributed by atoms with Gasteiger partial charge in [-0.15, -0.1) is 0 Å². The number of carbonyl (C=O) groups is 1. The Labute approximate surface area is 98.8 Å². The van der Waals surface area contributed by atoms with E-state index in [0.717, 1.165) is 12.1 Å². The number of hydrogen-bond donors (Lipinski definition) is 1. The van der Waals surface area contributed by atoms with E-state index in [1.807, 2.05) is 13.8 Å². The standard InChI is InChI=1S/C12H15F2NO2/c1-8(2)6-15-12(16)7-17-9-3-4-10(13)11(14)5-9/h3-5,8H,6-7H2,1-2H3,(H,15,16). The van der Waals surface area contributed by atoms with Gasteiger partial charge in [-0.1, -0.05) is 13.8 Å². The Bertz CT molecular complexity index is 394. The van der Waals surface area contributed by atoms with Crippen molar-refractivity contribution in [3.8, 4) is 5.75 Å². The molecule has 0 aliphatic carbocycles. The summed E-state index contributed by atoms with van der Waals surface area (Å²) in [5.74, 6) is -1.75. The van der Waals surface area contributed by atoms with Crippen LogP contribution in [0.3, 0.4) is 0 Å². The van der Waals surface area contributed by atoms with Gasteiger partial charge < -0.3 is 10.1 Å². The summed E-state index contributed by atoms with van der Waals surface area (Å²) in [6, 6.07) is 3.13. The van der Waals surface area contributed by atoms with Crippen LogP contribution in [0.15, 0.2) is 18.2 Å². The van der Waals surface area contributed by atoms with E-state index in [-0.39, 0.29) is 18.3 Å². The van der Waals surface area contributed by atoms with Gasteiger partial charge in [0, 0.05) is 12.6 Å². The van der Waals surface area contributed by atoms with Crippen LogP contribution < -0.4 is 10.1 Å².